The van der Waals surface area contributed by atoms with Crippen LogP contribution in [0.15, 0.2) is 0 Å². The minimum atomic E-state index is -3.18. The van der Waals surface area contributed by atoms with E-state index in [1.165, 1.54) is 31.9 Å². The van der Waals surface area contributed by atoms with Crippen molar-refractivity contribution in [1.82, 2.24) is 10.0 Å². The molecule has 3 fully saturated rings. The average Bonchev–Trinajstić information content (AvgIpc) is 2.91. The molecule has 6 heteroatoms. The van der Waals surface area contributed by atoms with E-state index >= 15 is 0 Å². The number of nitrogens with one attached hydrogen (secondary N) is 2. The van der Waals surface area contributed by atoms with Crippen LogP contribution in [0.2, 0.25) is 0 Å². The molecule has 1 saturated heterocycles. The molecule has 3 unspecified atom stereocenters. The van der Waals surface area contributed by atoms with Gasteiger partial charge in [-0.2, -0.15) is 0 Å². The monoisotopic (exact) mass is 316 g/mol. The number of sulfonamides is 1. The summed E-state index contributed by atoms with van der Waals surface area (Å²) in [4.78, 5) is 0. The van der Waals surface area contributed by atoms with Crippen LogP contribution in [0.4, 0.5) is 0 Å². The van der Waals surface area contributed by atoms with E-state index in [2.05, 4.69) is 10.0 Å². The fourth-order valence-electron chi connectivity index (χ4n) is 4.91. The second kappa shape index (κ2) is 5.18. The highest BCUT2D eigenvalue weighted by atomic mass is 32.2. The molecule has 1 aliphatic heterocycles. The molecule has 1 heterocycles. The van der Waals surface area contributed by atoms with Gasteiger partial charge in [-0.25, -0.2) is 13.1 Å². The van der Waals surface area contributed by atoms with Crippen molar-refractivity contribution in [1.29, 1.82) is 0 Å². The summed E-state index contributed by atoms with van der Waals surface area (Å²) in [6.07, 6.45) is 7.92. The Hall–Kier alpha value is -0.170. The summed E-state index contributed by atoms with van der Waals surface area (Å²) < 4.78 is 31.6. The van der Waals surface area contributed by atoms with E-state index in [-0.39, 0.29) is 0 Å². The van der Waals surface area contributed by atoms with Crippen LogP contribution >= 0.6 is 0 Å². The van der Waals surface area contributed by atoms with Crippen LogP contribution in [0.25, 0.3) is 0 Å². The number of rotatable bonds is 5. The lowest BCUT2D eigenvalue weighted by molar-refractivity contribution is -0.131. The standard InChI is InChI=1S/C15H28N2O3S/c1-14(2,17-21(3,18)19)10-16-12-11-6-9-20-13(11)15(12)7-4-5-8-15/h11-13,16-17H,4-10H2,1-3H3. The number of fused-ring (bicyclic) bond motifs is 2. The first-order valence-electron chi connectivity index (χ1n) is 8.08. The lowest BCUT2D eigenvalue weighted by Crippen LogP contribution is -2.69. The van der Waals surface area contributed by atoms with E-state index in [9.17, 15) is 8.42 Å². The van der Waals surface area contributed by atoms with Crippen LogP contribution < -0.4 is 10.0 Å². The molecule has 3 rings (SSSR count). The van der Waals surface area contributed by atoms with Crippen molar-refractivity contribution in [2.24, 2.45) is 11.3 Å². The molecule has 3 atom stereocenters. The van der Waals surface area contributed by atoms with E-state index in [1.807, 2.05) is 13.8 Å². The quantitative estimate of drug-likeness (QED) is 0.801. The molecule has 0 bridgehead atoms. The Bertz CT molecular complexity index is 497. The zero-order valence-corrected chi connectivity index (χ0v) is 14.1. The molecule has 2 saturated carbocycles. The van der Waals surface area contributed by atoms with Crippen LogP contribution in [-0.2, 0) is 14.8 Å². The molecule has 21 heavy (non-hydrogen) atoms. The molecule has 5 nitrogen and oxygen atoms in total. The normalized spacial score (nSPS) is 34.9. The molecule has 122 valence electrons. The Morgan fingerprint density at radius 1 is 1.29 bits per heavy atom. The number of ether oxygens (including phenoxy) is 1. The maximum Gasteiger partial charge on any atom is 0.209 e. The summed E-state index contributed by atoms with van der Waals surface area (Å²) in [6.45, 7) is 5.42. The summed E-state index contributed by atoms with van der Waals surface area (Å²) in [5.41, 5.74) is -0.139. The molecule has 2 N–H and O–H groups in total. The van der Waals surface area contributed by atoms with Gasteiger partial charge in [0.1, 0.15) is 0 Å². The smallest absolute Gasteiger partial charge is 0.209 e. The van der Waals surface area contributed by atoms with Gasteiger partial charge in [-0.3, -0.25) is 0 Å². The van der Waals surface area contributed by atoms with Gasteiger partial charge in [0.2, 0.25) is 10.0 Å². The molecule has 0 aromatic carbocycles. The van der Waals surface area contributed by atoms with Gasteiger partial charge in [-0.1, -0.05) is 12.8 Å². The van der Waals surface area contributed by atoms with Crippen LogP contribution in [0.1, 0.15) is 46.0 Å². The van der Waals surface area contributed by atoms with Gasteiger partial charge in [-0.05, 0) is 33.1 Å². The van der Waals surface area contributed by atoms with Crippen molar-refractivity contribution < 1.29 is 13.2 Å². The first kappa shape index (κ1) is 15.7. The predicted octanol–water partition coefficient (Wildman–Crippen LogP) is 1.25. The second-order valence-electron chi connectivity index (χ2n) is 7.80. The van der Waals surface area contributed by atoms with Gasteiger partial charge >= 0.3 is 0 Å². The van der Waals surface area contributed by atoms with Gasteiger partial charge in [0.05, 0.1) is 12.4 Å². The minimum absolute atomic E-state index is 0.322. The van der Waals surface area contributed by atoms with Crippen LogP contribution in [0.5, 0.6) is 0 Å². The minimum Gasteiger partial charge on any atom is -0.377 e. The molecule has 1 spiro atoms. The van der Waals surface area contributed by atoms with Crippen LogP contribution in [0, 0.1) is 11.3 Å². The molecule has 0 amide bonds. The maximum absolute atomic E-state index is 11.4. The summed E-state index contributed by atoms with van der Waals surface area (Å²) >= 11 is 0. The van der Waals surface area contributed by atoms with E-state index < -0.39 is 15.6 Å². The number of hydrogen-bond acceptors (Lipinski definition) is 4. The molecule has 0 radical (unpaired) electrons. The molecular weight excluding hydrogens is 288 g/mol. The Morgan fingerprint density at radius 2 is 1.95 bits per heavy atom. The maximum atomic E-state index is 11.4. The third-order valence-electron chi connectivity index (χ3n) is 5.51. The van der Waals surface area contributed by atoms with Gasteiger partial charge in [0.25, 0.3) is 0 Å². The topological polar surface area (TPSA) is 67.4 Å². The average molecular weight is 316 g/mol. The van der Waals surface area contributed by atoms with Crippen molar-refractivity contribution >= 4 is 10.0 Å². The molecular formula is C15H28N2O3S. The van der Waals surface area contributed by atoms with Gasteiger partial charge < -0.3 is 10.1 Å². The van der Waals surface area contributed by atoms with Crippen molar-refractivity contribution in [3.05, 3.63) is 0 Å². The largest absolute Gasteiger partial charge is 0.377 e. The van der Waals surface area contributed by atoms with E-state index in [0.29, 0.717) is 30.0 Å². The van der Waals surface area contributed by atoms with Crippen molar-refractivity contribution in [3.63, 3.8) is 0 Å². The molecule has 3 aliphatic rings. The first-order chi connectivity index (χ1) is 9.74. The zero-order chi connectivity index (χ0) is 15.3. The molecule has 0 aromatic rings. The SMILES string of the molecule is CC(C)(CNC1C2CCOC2C12CCCC2)NS(C)(=O)=O. The highest BCUT2D eigenvalue weighted by Crippen LogP contribution is 2.60. The van der Waals surface area contributed by atoms with E-state index in [4.69, 9.17) is 4.74 Å². The highest BCUT2D eigenvalue weighted by Gasteiger charge is 2.64. The predicted molar refractivity (Wildman–Crippen MR) is 82.6 cm³/mol. The second-order valence-corrected chi connectivity index (χ2v) is 9.55. The lowest BCUT2D eigenvalue weighted by Gasteiger charge is -2.57. The Labute approximate surface area is 128 Å². The van der Waals surface area contributed by atoms with Crippen molar-refractivity contribution in [2.75, 3.05) is 19.4 Å². The summed E-state index contributed by atoms with van der Waals surface area (Å²) in [6, 6.07) is 0.494. The van der Waals surface area contributed by atoms with Gasteiger partial charge in [0.15, 0.2) is 0 Å². The fourth-order valence-corrected chi connectivity index (χ4v) is 5.99. The zero-order valence-electron chi connectivity index (χ0n) is 13.3. The highest BCUT2D eigenvalue weighted by molar-refractivity contribution is 7.88. The Balaban J connectivity index is 1.64. The lowest BCUT2D eigenvalue weighted by atomic mass is 9.54. The third kappa shape index (κ3) is 2.87. The molecule has 0 aromatic heterocycles. The van der Waals surface area contributed by atoms with Gasteiger partial charge in [0, 0.05) is 36.1 Å². The van der Waals surface area contributed by atoms with Gasteiger partial charge in [-0.15, -0.1) is 0 Å². The Morgan fingerprint density at radius 3 is 2.57 bits per heavy atom. The summed E-state index contributed by atoms with van der Waals surface area (Å²) in [5.74, 6) is 0.622. The van der Waals surface area contributed by atoms with E-state index in [1.54, 1.807) is 0 Å². The van der Waals surface area contributed by atoms with Crippen LogP contribution in [-0.4, -0.2) is 45.5 Å². The number of hydrogen-bond donors (Lipinski definition) is 2. The fraction of sp³-hybridized carbons (Fsp3) is 1.00. The van der Waals surface area contributed by atoms with Crippen molar-refractivity contribution in [3.8, 4) is 0 Å². The Kier molecular flexibility index (Phi) is 3.88. The third-order valence-corrected chi connectivity index (χ3v) is 6.44. The summed E-state index contributed by atoms with van der Waals surface area (Å²) in [7, 11) is -3.18. The van der Waals surface area contributed by atoms with Crippen LogP contribution in [0.3, 0.4) is 0 Å². The first-order valence-corrected chi connectivity index (χ1v) is 9.97. The molecule has 2 aliphatic carbocycles. The van der Waals surface area contributed by atoms with E-state index in [0.717, 1.165) is 13.0 Å². The van der Waals surface area contributed by atoms with Crippen molar-refractivity contribution in [2.45, 2.75) is 63.6 Å². The summed E-state index contributed by atoms with van der Waals surface area (Å²) in [5, 5.41) is 3.68.